The molecule has 3 rings (SSSR count). The third kappa shape index (κ3) is 5.72. The molecule has 2 unspecified atom stereocenters. The van der Waals surface area contributed by atoms with E-state index in [-0.39, 0.29) is 36.2 Å². The summed E-state index contributed by atoms with van der Waals surface area (Å²) in [5.74, 6) is -1.94. The monoisotopic (exact) mass is 438 g/mol. The number of hydrogen-bond donors (Lipinski definition) is 2. The number of cyclic esters (lactones) is 2. The van der Waals surface area contributed by atoms with Gasteiger partial charge in [-0.15, -0.1) is 0 Å². The third-order valence-electron chi connectivity index (χ3n) is 5.21. The summed E-state index contributed by atoms with van der Waals surface area (Å²) in [6.07, 6.45) is 1.06. The Balaban J connectivity index is 1.90. The van der Waals surface area contributed by atoms with Gasteiger partial charge in [-0.3, -0.25) is 9.59 Å². The number of carbonyl (C=O) groups is 4. The molecular weight excluding hydrogens is 412 g/mol. The molecule has 0 aromatic heterocycles. The van der Waals surface area contributed by atoms with Crippen LogP contribution in [0.4, 0.5) is 0 Å². The number of esters is 2. The first-order chi connectivity index (χ1) is 15.4. The fraction of sp³-hybridized carbons (Fsp3) is 0.333. The molecule has 2 N–H and O–H groups in total. The Labute approximate surface area is 186 Å². The number of amides is 2. The van der Waals surface area contributed by atoms with Gasteiger partial charge in [-0.25, -0.2) is 9.59 Å². The molecular formula is C24H26N2O6. The Hall–Kier alpha value is -3.68. The molecule has 168 valence electrons. The Kier molecular flexibility index (Phi) is 7.59. The van der Waals surface area contributed by atoms with Crippen molar-refractivity contribution in [3.63, 3.8) is 0 Å². The molecule has 0 spiro atoms. The van der Waals surface area contributed by atoms with Crippen LogP contribution in [-0.4, -0.2) is 49.1 Å². The molecule has 2 aromatic rings. The molecule has 0 saturated carbocycles. The van der Waals surface area contributed by atoms with E-state index < -0.39 is 24.0 Å². The Morgan fingerprint density at radius 3 is 1.47 bits per heavy atom. The number of rotatable bonds is 2. The summed E-state index contributed by atoms with van der Waals surface area (Å²) >= 11 is 0. The van der Waals surface area contributed by atoms with E-state index in [0.717, 1.165) is 0 Å². The Morgan fingerprint density at radius 2 is 1.06 bits per heavy atom. The van der Waals surface area contributed by atoms with Gasteiger partial charge in [0, 0.05) is 11.1 Å². The lowest BCUT2D eigenvalue weighted by Crippen LogP contribution is -2.39. The van der Waals surface area contributed by atoms with Crippen LogP contribution < -0.4 is 10.6 Å². The Morgan fingerprint density at radius 1 is 0.688 bits per heavy atom. The molecule has 4 bridgehead atoms. The molecule has 1 heterocycles. The summed E-state index contributed by atoms with van der Waals surface area (Å²) in [5.41, 5.74) is 1.04. The first-order valence-electron chi connectivity index (χ1n) is 10.6. The van der Waals surface area contributed by atoms with E-state index >= 15 is 0 Å². The lowest BCUT2D eigenvalue weighted by molar-refractivity contribution is 0.0449. The summed E-state index contributed by atoms with van der Waals surface area (Å²) in [6.45, 7) is 3.65. The van der Waals surface area contributed by atoms with Gasteiger partial charge in [-0.1, -0.05) is 26.0 Å². The van der Waals surface area contributed by atoms with E-state index in [0.29, 0.717) is 24.0 Å². The van der Waals surface area contributed by atoms with Gasteiger partial charge in [-0.05, 0) is 49.2 Å². The summed E-state index contributed by atoms with van der Waals surface area (Å²) in [5, 5.41) is 5.65. The molecule has 8 heteroatoms. The highest BCUT2D eigenvalue weighted by molar-refractivity contribution is 6.00. The topological polar surface area (TPSA) is 111 Å². The zero-order chi connectivity index (χ0) is 23.1. The van der Waals surface area contributed by atoms with Crippen LogP contribution in [0.15, 0.2) is 48.5 Å². The summed E-state index contributed by atoms with van der Waals surface area (Å²) in [4.78, 5) is 50.3. The highest BCUT2D eigenvalue weighted by atomic mass is 16.5. The van der Waals surface area contributed by atoms with Crippen molar-refractivity contribution in [3.05, 3.63) is 70.8 Å². The van der Waals surface area contributed by atoms with Gasteiger partial charge < -0.3 is 20.1 Å². The van der Waals surface area contributed by atoms with Crippen LogP contribution in [0, 0.1) is 0 Å². The molecule has 0 radical (unpaired) electrons. The molecule has 2 aromatic carbocycles. The highest BCUT2D eigenvalue weighted by Crippen LogP contribution is 2.12. The van der Waals surface area contributed by atoms with E-state index in [1.807, 2.05) is 13.8 Å². The number of benzene rings is 2. The lowest BCUT2D eigenvalue weighted by Gasteiger charge is -2.19. The minimum atomic E-state index is -0.603. The van der Waals surface area contributed by atoms with Crippen molar-refractivity contribution in [1.29, 1.82) is 0 Å². The maximum Gasteiger partial charge on any atom is 0.338 e. The second kappa shape index (κ2) is 10.6. The van der Waals surface area contributed by atoms with Crippen molar-refractivity contribution in [2.24, 2.45) is 0 Å². The van der Waals surface area contributed by atoms with Crippen molar-refractivity contribution in [2.75, 3.05) is 13.2 Å². The number of nitrogens with one attached hydrogen (secondary N) is 2. The second-order valence-corrected chi connectivity index (χ2v) is 7.52. The fourth-order valence-electron chi connectivity index (χ4n) is 3.15. The molecule has 1 aliphatic rings. The van der Waals surface area contributed by atoms with Gasteiger partial charge in [0.1, 0.15) is 13.2 Å². The van der Waals surface area contributed by atoms with E-state index in [1.54, 1.807) is 24.3 Å². The van der Waals surface area contributed by atoms with E-state index in [4.69, 9.17) is 9.47 Å². The molecule has 0 aliphatic carbocycles. The first-order valence-corrected chi connectivity index (χ1v) is 10.6. The number of ether oxygens (including phenoxy) is 2. The summed E-state index contributed by atoms with van der Waals surface area (Å²) in [7, 11) is 0. The first kappa shape index (κ1) is 23.0. The minimum Gasteiger partial charge on any atom is -0.460 e. The van der Waals surface area contributed by atoms with Gasteiger partial charge in [0.05, 0.1) is 23.2 Å². The maximum atomic E-state index is 12.7. The molecule has 1 aliphatic heterocycles. The molecule has 8 nitrogen and oxygen atoms in total. The largest absolute Gasteiger partial charge is 0.460 e. The zero-order valence-corrected chi connectivity index (χ0v) is 18.1. The van der Waals surface area contributed by atoms with E-state index in [2.05, 4.69) is 10.6 Å². The third-order valence-corrected chi connectivity index (χ3v) is 5.21. The van der Waals surface area contributed by atoms with Crippen molar-refractivity contribution < 1.29 is 28.7 Å². The molecule has 0 fully saturated rings. The smallest absolute Gasteiger partial charge is 0.338 e. The average Bonchev–Trinajstić information content (AvgIpc) is 2.83. The van der Waals surface area contributed by atoms with Crippen molar-refractivity contribution in [3.8, 4) is 0 Å². The van der Waals surface area contributed by atoms with Crippen molar-refractivity contribution >= 4 is 23.8 Å². The van der Waals surface area contributed by atoms with Gasteiger partial charge in [0.15, 0.2) is 0 Å². The van der Waals surface area contributed by atoms with Crippen molar-refractivity contribution in [1.82, 2.24) is 10.6 Å². The summed E-state index contributed by atoms with van der Waals surface area (Å²) < 4.78 is 10.7. The van der Waals surface area contributed by atoms with Crippen molar-refractivity contribution in [2.45, 2.75) is 38.8 Å². The van der Waals surface area contributed by atoms with Crippen LogP contribution in [-0.2, 0) is 9.47 Å². The number of hydrogen-bond acceptors (Lipinski definition) is 6. The SMILES string of the molecule is CCC1COC(=O)c2cccc(c2)C(=O)OCC(CC)NC(=O)c2cccc(c2)C(=O)N1. The highest BCUT2D eigenvalue weighted by Gasteiger charge is 2.20. The number of fused-ring (bicyclic) bond motifs is 4. The van der Waals surface area contributed by atoms with E-state index in [9.17, 15) is 19.2 Å². The lowest BCUT2D eigenvalue weighted by atomic mass is 10.1. The van der Waals surface area contributed by atoms with Crippen LogP contribution in [0.5, 0.6) is 0 Å². The average molecular weight is 438 g/mol. The van der Waals surface area contributed by atoms with Gasteiger partial charge in [0.2, 0.25) is 0 Å². The maximum absolute atomic E-state index is 12.7. The molecule has 2 atom stereocenters. The predicted molar refractivity (Wildman–Crippen MR) is 117 cm³/mol. The molecule has 0 saturated heterocycles. The number of carbonyl (C=O) groups excluding carboxylic acids is 4. The van der Waals surface area contributed by atoms with Crippen LogP contribution in [0.1, 0.15) is 68.1 Å². The van der Waals surface area contributed by atoms with Gasteiger partial charge in [-0.2, -0.15) is 0 Å². The predicted octanol–water partition coefficient (Wildman–Crippen LogP) is 2.73. The van der Waals surface area contributed by atoms with Gasteiger partial charge in [0.25, 0.3) is 11.8 Å². The van der Waals surface area contributed by atoms with Crippen LogP contribution >= 0.6 is 0 Å². The minimum absolute atomic E-state index is 0.0336. The van der Waals surface area contributed by atoms with Crippen LogP contribution in [0.2, 0.25) is 0 Å². The van der Waals surface area contributed by atoms with Crippen LogP contribution in [0.25, 0.3) is 0 Å². The zero-order valence-electron chi connectivity index (χ0n) is 18.1. The van der Waals surface area contributed by atoms with Crippen LogP contribution in [0.3, 0.4) is 0 Å². The van der Waals surface area contributed by atoms with Gasteiger partial charge >= 0.3 is 11.9 Å². The summed E-state index contributed by atoms with van der Waals surface area (Å²) in [6, 6.07) is 11.5. The normalized spacial score (nSPS) is 20.2. The Bertz CT molecular complexity index is 947. The molecule has 2 amide bonds. The standard InChI is InChI=1S/C24H26N2O6/c1-3-19-13-31-23(29)17-9-6-10-18(12-17)24(30)32-14-20(4-2)26-22(28)16-8-5-7-15(11-16)21(27)25-19/h5-12,19-20H,3-4,13-14H2,1-2H3,(H,25,27)(H,26,28). The fourth-order valence-corrected chi connectivity index (χ4v) is 3.15. The molecule has 32 heavy (non-hydrogen) atoms. The second-order valence-electron chi connectivity index (χ2n) is 7.52. The quantitative estimate of drug-likeness (QED) is 0.698. The van der Waals surface area contributed by atoms with E-state index in [1.165, 1.54) is 24.3 Å².